The second kappa shape index (κ2) is 7.74. The summed E-state index contributed by atoms with van der Waals surface area (Å²) in [4.78, 5) is 20.6. The van der Waals surface area contributed by atoms with Gasteiger partial charge in [0.05, 0.1) is 7.11 Å². The maximum Gasteiger partial charge on any atom is 0.305 e. The molecule has 0 aliphatic rings. The molecule has 0 spiro atoms. The van der Waals surface area contributed by atoms with Crippen molar-refractivity contribution in [1.82, 2.24) is 0 Å². The molecule has 0 bridgehead atoms. The first-order chi connectivity index (χ1) is 7.11. The number of ketones is 1. The van der Waals surface area contributed by atoms with Crippen LogP contribution in [0.4, 0.5) is 0 Å². The highest BCUT2D eigenvalue weighted by molar-refractivity contribution is 5.93. The molecule has 0 heterocycles. The molecular weight excluding hydrogens is 192 g/mol. The zero-order valence-corrected chi connectivity index (χ0v) is 9.32. The molecule has 3 nitrogen and oxygen atoms in total. The lowest BCUT2D eigenvalue weighted by molar-refractivity contribution is -0.140. The summed E-state index contributed by atoms with van der Waals surface area (Å²) in [5, 5.41) is 0. The Bertz CT molecular complexity index is 298. The maximum atomic E-state index is 10.6. The molecule has 0 N–H and O–H groups in total. The van der Waals surface area contributed by atoms with Gasteiger partial charge in [-0.15, -0.1) is 0 Å². The molecule has 3 heteroatoms. The van der Waals surface area contributed by atoms with E-state index in [2.05, 4.69) is 4.74 Å². The lowest BCUT2D eigenvalue weighted by atomic mass is 10.2. The molecule has 1 aromatic carbocycles. The molecule has 0 saturated heterocycles. The van der Waals surface area contributed by atoms with Crippen LogP contribution >= 0.6 is 0 Å². The van der Waals surface area contributed by atoms with Crippen molar-refractivity contribution in [3.05, 3.63) is 35.9 Å². The molecule has 0 unspecified atom stereocenters. The van der Waals surface area contributed by atoms with E-state index in [0.717, 1.165) is 5.56 Å². The van der Waals surface area contributed by atoms with Crippen LogP contribution in [0.15, 0.2) is 30.3 Å². The number of hydrogen-bond donors (Lipinski definition) is 0. The van der Waals surface area contributed by atoms with E-state index in [9.17, 15) is 9.59 Å². The van der Waals surface area contributed by atoms with Gasteiger partial charge in [-0.3, -0.25) is 9.59 Å². The van der Waals surface area contributed by atoms with Gasteiger partial charge in [-0.2, -0.15) is 0 Å². The molecule has 0 amide bonds. The quantitative estimate of drug-likeness (QED) is 0.554. The summed E-state index contributed by atoms with van der Waals surface area (Å²) in [5.41, 5.74) is 0.775. The third-order valence-corrected chi connectivity index (χ3v) is 1.70. The molecule has 1 rings (SSSR count). The van der Waals surface area contributed by atoms with Crippen LogP contribution in [-0.2, 0) is 9.53 Å². The zero-order chi connectivity index (χ0) is 11.7. The molecule has 0 radical (unpaired) electrons. The summed E-state index contributed by atoms with van der Waals surface area (Å²) in [6, 6.07) is 9.23. The standard InChI is InChI=1S/C8H8O.C4H8O2/c1-7(9)8-5-3-2-4-6-8;1-3-4(5)6-2/h2-6H,1H3;3H2,1-2H3. The molecule has 0 aromatic heterocycles. The minimum absolute atomic E-state index is 0.121. The minimum Gasteiger partial charge on any atom is -0.469 e. The van der Waals surface area contributed by atoms with Crippen molar-refractivity contribution in [2.24, 2.45) is 0 Å². The summed E-state index contributed by atoms with van der Waals surface area (Å²) >= 11 is 0. The average molecular weight is 208 g/mol. The minimum atomic E-state index is -0.157. The number of hydrogen-bond acceptors (Lipinski definition) is 3. The summed E-state index contributed by atoms with van der Waals surface area (Å²) in [7, 11) is 1.38. The Balaban J connectivity index is 0.000000288. The van der Waals surface area contributed by atoms with Crippen molar-refractivity contribution in [2.75, 3.05) is 7.11 Å². The predicted octanol–water partition coefficient (Wildman–Crippen LogP) is 2.46. The summed E-state index contributed by atoms with van der Waals surface area (Å²) in [6.45, 7) is 3.32. The first-order valence-electron chi connectivity index (χ1n) is 4.74. The van der Waals surface area contributed by atoms with Crippen LogP contribution in [0, 0.1) is 0 Å². The molecule has 0 saturated carbocycles. The van der Waals surface area contributed by atoms with Crippen molar-refractivity contribution >= 4 is 11.8 Å². The topological polar surface area (TPSA) is 43.4 Å². The van der Waals surface area contributed by atoms with Gasteiger partial charge in [0.25, 0.3) is 0 Å². The number of carbonyl (C=O) groups excluding carboxylic acids is 2. The van der Waals surface area contributed by atoms with E-state index in [4.69, 9.17) is 0 Å². The highest BCUT2D eigenvalue weighted by Gasteiger charge is 1.92. The maximum absolute atomic E-state index is 10.6. The highest BCUT2D eigenvalue weighted by atomic mass is 16.5. The fraction of sp³-hybridized carbons (Fsp3) is 0.333. The lowest BCUT2D eigenvalue weighted by Crippen LogP contribution is -1.94. The van der Waals surface area contributed by atoms with Crippen molar-refractivity contribution < 1.29 is 14.3 Å². The zero-order valence-electron chi connectivity index (χ0n) is 9.32. The third kappa shape index (κ3) is 6.43. The van der Waals surface area contributed by atoms with Crippen LogP contribution in [0.5, 0.6) is 0 Å². The van der Waals surface area contributed by atoms with Crippen molar-refractivity contribution in [2.45, 2.75) is 20.3 Å². The number of carbonyl (C=O) groups is 2. The normalized spacial score (nSPS) is 8.47. The van der Waals surface area contributed by atoms with E-state index in [-0.39, 0.29) is 11.8 Å². The molecule has 0 aliphatic heterocycles. The third-order valence-electron chi connectivity index (χ3n) is 1.70. The molecule has 1 aromatic rings. The monoisotopic (exact) mass is 208 g/mol. The molecule has 82 valence electrons. The Morgan fingerprint density at radius 2 is 1.73 bits per heavy atom. The van der Waals surface area contributed by atoms with Crippen LogP contribution < -0.4 is 0 Å². The van der Waals surface area contributed by atoms with Gasteiger partial charge in [-0.25, -0.2) is 0 Å². The lowest BCUT2D eigenvalue weighted by Gasteiger charge is -1.89. The second-order valence-electron chi connectivity index (χ2n) is 2.85. The average Bonchev–Trinajstić information content (AvgIpc) is 2.30. The number of ether oxygens (including phenoxy) is 1. The van der Waals surface area contributed by atoms with E-state index in [1.54, 1.807) is 13.8 Å². The van der Waals surface area contributed by atoms with Gasteiger partial charge in [0, 0.05) is 12.0 Å². The number of methoxy groups -OCH3 is 1. The van der Waals surface area contributed by atoms with Crippen LogP contribution in [-0.4, -0.2) is 18.9 Å². The number of Topliss-reactive ketones (excluding diaryl/α,β-unsaturated/α-hetero) is 1. The predicted molar refractivity (Wildman–Crippen MR) is 58.8 cm³/mol. The van der Waals surface area contributed by atoms with Crippen LogP contribution in [0.2, 0.25) is 0 Å². The van der Waals surface area contributed by atoms with Gasteiger partial charge in [0.2, 0.25) is 0 Å². The van der Waals surface area contributed by atoms with E-state index < -0.39 is 0 Å². The van der Waals surface area contributed by atoms with E-state index in [1.165, 1.54) is 7.11 Å². The van der Waals surface area contributed by atoms with E-state index in [0.29, 0.717) is 6.42 Å². The molecule has 15 heavy (non-hydrogen) atoms. The van der Waals surface area contributed by atoms with Gasteiger partial charge in [-0.1, -0.05) is 37.3 Å². The first-order valence-corrected chi connectivity index (χ1v) is 4.74. The van der Waals surface area contributed by atoms with E-state index in [1.807, 2.05) is 30.3 Å². The smallest absolute Gasteiger partial charge is 0.305 e. The van der Waals surface area contributed by atoms with Crippen molar-refractivity contribution in [3.63, 3.8) is 0 Å². The molecule has 0 aliphatic carbocycles. The Morgan fingerprint density at radius 3 is 1.93 bits per heavy atom. The molecule has 0 atom stereocenters. The van der Waals surface area contributed by atoms with Gasteiger partial charge in [0.1, 0.15) is 0 Å². The first kappa shape index (κ1) is 13.4. The second-order valence-corrected chi connectivity index (χ2v) is 2.85. The Kier molecular flexibility index (Phi) is 6.89. The van der Waals surface area contributed by atoms with Crippen molar-refractivity contribution in [1.29, 1.82) is 0 Å². The van der Waals surface area contributed by atoms with E-state index >= 15 is 0 Å². The highest BCUT2D eigenvalue weighted by Crippen LogP contribution is 1.97. The van der Waals surface area contributed by atoms with Gasteiger partial charge >= 0.3 is 5.97 Å². The number of esters is 1. The number of rotatable bonds is 2. The fourth-order valence-electron chi connectivity index (χ4n) is 0.817. The fourth-order valence-corrected chi connectivity index (χ4v) is 0.817. The number of benzene rings is 1. The van der Waals surface area contributed by atoms with Gasteiger partial charge in [-0.05, 0) is 6.92 Å². The van der Waals surface area contributed by atoms with Crippen LogP contribution in [0.3, 0.4) is 0 Å². The van der Waals surface area contributed by atoms with Crippen molar-refractivity contribution in [3.8, 4) is 0 Å². The SMILES string of the molecule is CC(=O)c1ccccc1.CCC(=O)OC. The van der Waals surface area contributed by atoms with Gasteiger partial charge < -0.3 is 4.74 Å². The largest absolute Gasteiger partial charge is 0.469 e. The van der Waals surface area contributed by atoms with Crippen LogP contribution in [0.25, 0.3) is 0 Å². The summed E-state index contributed by atoms with van der Waals surface area (Å²) in [5.74, 6) is -0.0365. The Labute approximate surface area is 90.1 Å². The summed E-state index contributed by atoms with van der Waals surface area (Å²) < 4.78 is 4.26. The Morgan fingerprint density at radius 1 is 1.20 bits per heavy atom. The Hall–Kier alpha value is -1.64. The molecular formula is C12H16O3. The van der Waals surface area contributed by atoms with Crippen LogP contribution in [0.1, 0.15) is 30.6 Å². The summed E-state index contributed by atoms with van der Waals surface area (Å²) in [6.07, 6.45) is 0.469. The van der Waals surface area contributed by atoms with Gasteiger partial charge in [0.15, 0.2) is 5.78 Å². The molecule has 0 fully saturated rings.